The average Bonchev–Trinajstić information content (AvgIpc) is 2.88. The lowest BCUT2D eigenvalue weighted by molar-refractivity contribution is -0.145. The molecule has 0 saturated carbocycles. The van der Waals surface area contributed by atoms with Gasteiger partial charge in [0.2, 0.25) is 23.6 Å². The first-order chi connectivity index (χ1) is 11.3. The van der Waals surface area contributed by atoms with Crippen molar-refractivity contribution < 1.29 is 29.4 Å². The molecule has 0 bridgehead atoms. The number of hydrogen-bond donors (Lipinski definition) is 6. The van der Waals surface area contributed by atoms with Crippen LogP contribution in [-0.2, 0) is 14.4 Å². The fourth-order valence-electron chi connectivity index (χ4n) is 2.04. The van der Waals surface area contributed by atoms with Gasteiger partial charge in [-0.15, -0.1) is 4.73 Å². The molecule has 0 saturated heterocycles. The second-order valence-corrected chi connectivity index (χ2v) is 5.29. The van der Waals surface area contributed by atoms with E-state index in [1.807, 2.05) is 10.9 Å². The Hall–Kier alpha value is -2.79. The lowest BCUT2D eigenvalue weighted by atomic mass is 9.83. The topological polar surface area (TPSA) is 182 Å². The standard InChI is InChI=1S/C13H21N5O6/c1-13(11(22)16-14,12(23)17-15)7-3-2-4-10(21)24-18-8(19)5-6-9(18)20/h5-6,19-20H,2-4,7,14-15H2,1H3,(H,16,22)(H,17,23). The van der Waals surface area contributed by atoms with Crippen LogP contribution in [0.2, 0.25) is 0 Å². The molecule has 0 spiro atoms. The largest absolute Gasteiger partial charge is 0.492 e. The summed E-state index contributed by atoms with van der Waals surface area (Å²) in [6.45, 7) is 1.38. The molecule has 1 heterocycles. The molecule has 8 N–H and O–H groups in total. The van der Waals surface area contributed by atoms with E-state index in [0.29, 0.717) is 17.6 Å². The average molecular weight is 343 g/mol. The van der Waals surface area contributed by atoms with Gasteiger partial charge in [-0.05, 0) is 19.8 Å². The van der Waals surface area contributed by atoms with E-state index in [9.17, 15) is 24.6 Å². The number of amides is 2. The molecule has 134 valence electrons. The Kier molecular flexibility index (Phi) is 6.56. The van der Waals surface area contributed by atoms with E-state index < -0.39 is 35.0 Å². The first-order valence-corrected chi connectivity index (χ1v) is 7.09. The fourth-order valence-corrected chi connectivity index (χ4v) is 2.04. The van der Waals surface area contributed by atoms with Crippen molar-refractivity contribution in [1.82, 2.24) is 15.6 Å². The predicted molar refractivity (Wildman–Crippen MR) is 80.6 cm³/mol. The van der Waals surface area contributed by atoms with Crippen molar-refractivity contribution in [3.05, 3.63) is 12.1 Å². The summed E-state index contributed by atoms with van der Waals surface area (Å²) >= 11 is 0. The van der Waals surface area contributed by atoms with E-state index in [2.05, 4.69) is 0 Å². The van der Waals surface area contributed by atoms with Gasteiger partial charge in [0.05, 0.1) is 0 Å². The number of hydrazine groups is 2. The number of carbonyl (C=O) groups excluding carboxylic acids is 3. The SMILES string of the molecule is CC(CCCCC(=O)On1c(O)ccc1O)(C(=O)NN)C(=O)NN. The van der Waals surface area contributed by atoms with Crippen LogP contribution < -0.4 is 27.4 Å². The molecule has 0 aliphatic rings. The molecule has 11 nitrogen and oxygen atoms in total. The molecule has 1 aromatic heterocycles. The van der Waals surface area contributed by atoms with Crippen molar-refractivity contribution >= 4 is 17.8 Å². The van der Waals surface area contributed by atoms with Gasteiger partial charge in [-0.25, -0.2) is 16.5 Å². The van der Waals surface area contributed by atoms with Gasteiger partial charge in [-0.2, -0.15) is 0 Å². The molecule has 2 amide bonds. The molecule has 1 rings (SSSR count). The Labute approximate surface area is 137 Å². The number of aromatic nitrogens is 1. The van der Waals surface area contributed by atoms with Gasteiger partial charge in [-0.3, -0.25) is 20.4 Å². The molecular weight excluding hydrogens is 322 g/mol. The van der Waals surface area contributed by atoms with Crippen LogP contribution in [0.4, 0.5) is 0 Å². The third kappa shape index (κ3) is 4.36. The molecule has 1 aromatic rings. The number of unbranched alkanes of at least 4 members (excludes halogenated alkanes) is 1. The molecule has 0 aliphatic heterocycles. The van der Waals surface area contributed by atoms with E-state index in [0.717, 1.165) is 12.1 Å². The maximum atomic E-state index is 11.7. The number of nitrogens with zero attached hydrogens (tertiary/aromatic N) is 1. The highest BCUT2D eigenvalue weighted by Crippen LogP contribution is 2.25. The van der Waals surface area contributed by atoms with Crippen LogP contribution in [0.5, 0.6) is 11.8 Å². The number of nitrogens with one attached hydrogen (secondary N) is 2. The van der Waals surface area contributed by atoms with E-state index in [1.54, 1.807) is 0 Å². The summed E-state index contributed by atoms with van der Waals surface area (Å²) in [5.41, 5.74) is 2.35. The Morgan fingerprint density at radius 2 is 1.62 bits per heavy atom. The monoisotopic (exact) mass is 343 g/mol. The molecule has 11 heteroatoms. The van der Waals surface area contributed by atoms with Crippen LogP contribution in [-0.4, -0.2) is 32.7 Å². The lowest BCUT2D eigenvalue weighted by Gasteiger charge is -2.25. The number of nitrogens with two attached hydrogens (primary N) is 2. The van der Waals surface area contributed by atoms with Gasteiger partial charge in [0, 0.05) is 18.6 Å². The van der Waals surface area contributed by atoms with Crippen LogP contribution >= 0.6 is 0 Å². The van der Waals surface area contributed by atoms with Crippen molar-refractivity contribution in [2.75, 3.05) is 0 Å². The van der Waals surface area contributed by atoms with Gasteiger partial charge in [0.15, 0.2) is 0 Å². The van der Waals surface area contributed by atoms with E-state index in [1.165, 1.54) is 6.92 Å². The Bertz CT molecular complexity index is 578. The molecule has 24 heavy (non-hydrogen) atoms. The highest BCUT2D eigenvalue weighted by Gasteiger charge is 2.39. The summed E-state index contributed by atoms with van der Waals surface area (Å²) in [4.78, 5) is 39.9. The lowest BCUT2D eigenvalue weighted by Crippen LogP contribution is -2.53. The summed E-state index contributed by atoms with van der Waals surface area (Å²) in [5.74, 6) is 7.18. The first-order valence-electron chi connectivity index (χ1n) is 7.09. The maximum Gasteiger partial charge on any atom is 0.333 e. The van der Waals surface area contributed by atoms with Crippen molar-refractivity contribution in [2.24, 2.45) is 17.1 Å². The zero-order chi connectivity index (χ0) is 18.3. The zero-order valence-corrected chi connectivity index (χ0v) is 13.1. The maximum absolute atomic E-state index is 11.7. The van der Waals surface area contributed by atoms with Crippen LogP contribution in [0.25, 0.3) is 0 Å². The van der Waals surface area contributed by atoms with Crippen molar-refractivity contribution in [3.63, 3.8) is 0 Å². The fraction of sp³-hybridized carbons (Fsp3) is 0.462. The molecule has 0 fully saturated rings. The van der Waals surface area contributed by atoms with Crippen molar-refractivity contribution in [1.29, 1.82) is 0 Å². The van der Waals surface area contributed by atoms with E-state index >= 15 is 0 Å². The minimum absolute atomic E-state index is 0.0539. The van der Waals surface area contributed by atoms with E-state index in [4.69, 9.17) is 16.5 Å². The molecule has 0 unspecified atom stereocenters. The van der Waals surface area contributed by atoms with Gasteiger partial charge >= 0.3 is 5.97 Å². The zero-order valence-electron chi connectivity index (χ0n) is 13.1. The molecule has 0 atom stereocenters. The van der Waals surface area contributed by atoms with Crippen LogP contribution in [0.15, 0.2) is 12.1 Å². The smallest absolute Gasteiger partial charge is 0.333 e. The Morgan fingerprint density at radius 3 is 2.08 bits per heavy atom. The minimum atomic E-state index is -1.47. The molecule has 0 aliphatic carbocycles. The van der Waals surface area contributed by atoms with Crippen molar-refractivity contribution in [2.45, 2.75) is 32.6 Å². The quantitative estimate of drug-likeness (QED) is 0.107. The second kappa shape index (κ2) is 8.17. The molecule has 0 aromatic carbocycles. The van der Waals surface area contributed by atoms with E-state index in [-0.39, 0.29) is 12.8 Å². The summed E-state index contributed by atoms with van der Waals surface area (Å²) in [6.07, 6.45) is 0.678. The van der Waals surface area contributed by atoms with Gasteiger partial charge in [0.25, 0.3) is 0 Å². The van der Waals surface area contributed by atoms with Gasteiger partial charge in [0.1, 0.15) is 5.41 Å². The highest BCUT2D eigenvalue weighted by molar-refractivity contribution is 6.04. The summed E-state index contributed by atoms with van der Waals surface area (Å²) in [6, 6.07) is 2.32. The second-order valence-electron chi connectivity index (χ2n) is 5.29. The third-order valence-corrected chi connectivity index (χ3v) is 3.56. The van der Waals surface area contributed by atoms with Crippen molar-refractivity contribution in [3.8, 4) is 11.8 Å². The van der Waals surface area contributed by atoms with Crippen LogP contribution in [0.1, 0.15) is 32.6 Å². The Balaban J connectivity index is 2.50. The predicted octanol–water partition coefficient (Wildman–Crippen LogP) is -1.60. The number of carbonyl (C=O) groups is 3. The first kappa shape index (κ1) is 19.3. The summed E-state index contributed by atoms with van der Waals surface area (Å²) < 4.78 is 0.580. The number of aromatic hydroxyl groups is 2. The van der Waals surface area contributed by atoms with Gasteiger partial charge < -0.3 is 15.1 Å². The summed E-state index contributed by atoms with van der Waals surface area (Å²) in [5, 5.41) is 18.7. The summed E-state index contributed by atoms with van der Waals surface area (Å²) in [7, 11) is 0. The third-order valence-electron chi connectivity index (χ3n) is 3.56. The van der Waals surface area contributed by atoms with Crippen LogP contribution in [0, 0.1) is 5.41 Å². The minimum Gasteiger partial charge on any atom is -0.492 e. The number of hydrogen-bond acceptors (Lipinski definition) is 8. The normalized spacial score (nSPS) is 11.0. The number of rotatable bonds is 8. The Morgan fingerprint density at radius 1 is 1.12 bits per heavy atom. The van der Waals surface area contributed by atoms with Gasteiger partial charge in [-0.1, -0.05) is 6.42 Å². The highest BCUT2D eigenvalue weighted by atomic mass is 16.7. The van der Waals surface area contributed by atoms with Crippen LogP contribution in [0.3, 0.4) is 0 Å². The molecule has 0 radical (unpaired) electrons. The molecular formula is C13H21N5O6.